The van der Waals surface area contributed by atoms with Gasteiger partial charge in [-0.05, 0) is 25.1 Å². The van der Waals surface area contributed by atoms with Gasteiger partial charge in [-0.15, -0.1) is 0 Å². The minimum Gasteiger partial charge on any atom is -0.478 e. The zero-order valence-corrected chi connectivity index (χ0v) is 14.0. The van der Waals surface area contributed by atoms with Crippen LogP contribution >= 0.6 is 23.2 Å². The molecule has 1 aromatic carbocycles. The van der Waals surface area contributed by atoms with Crippen molar-refractivity contribution in [2.75, 3.05) is 6.61 Å². The van der Waals surface area contributed by atoms with Crippen molar-refractivity contribution in [1.29, 1.82) is 0 Å². The van der Waals surface area contributed by atoms with Crippen LogP contribution in [-0.4, -0.2) is 20.0 Å². The molecule has 0 saturated carbocycles. The van der Waals surface area contributed by atoms with E-state index in [-0.39, 0.29) is 21.5 Å². The minimum atomic E-state index is -3.85. The Morgan fingerprint density at radius 1 is 1.18 bits per heavy atom. The Hall–Kier alpha value is -1.34. The van der Waals surface area contributed by atoms with Crippen molar-refractivity contribution < 1.29 is 13.2 Å². The van der Waals surface area contributed by atoms with Gasteiger partial charge in [0.1, 0.15) is 4.90 Å². The molecule has 0 aliphatic rings. The summed E-state index contributed by atoms with van der Waals surface area (Å²) in [5.74, 6) is 0.387. The number of hydrogen-bond acceptors (Lipinski definition) is 4. The molecule has 2 aromatic rings. The second-order valence-electron chi connectivity index (χ2n) is 4.28. The van der Waals surface area contributed by atoms with Gasteiger partial charge < -0.3 is 4.74 Å². The molecule has 8 heteroatoms. The van der Waals surface area contributed by atoms with Crippen LogP contribution in [0.4, 0.5) is 0 Å². The lowest BCUT2D eigenvalue weighted by Gasteiger charge is -2.12. The Labute approximate surface area is 139 Å². The summed E-state index contributed by atoms with van der Waals surface area (Å²) in [4.78, 5) is 3.93. The molecule has 0 unspecified atom stereocenters. The predicted molar refractivity (Wildman–Crippen MR) is 85.9 cm³/mol. The van der Waals surface area contributed by atoms with Crippen LogP contribution in [0.5, 0.6) is 5.88 Å². The monoisotopic (exact) mass is 360 g/mol. The summed E-state index contributed by atoms with van der Waals surface area (Å²) in [6.45, 7) is 2.28. The van der Waals surface area contributed by atoms with Gasteiger partial charge in [-0.2, -0.15) is 0 Å². The van der Waals surface area contributed by atoms with E-state index in [9.17, 15) is 8.42 Å². The topological polar surface area (TPSA) is 68.3 Å². The largest absolute Gasteiger partial charge is 0.478 e. The molecular weight excluding hydrogens is 347 g/mol. The smallest absolute Gasteiger partial charge is 0.243 e. The Kier molecular flexibility index (Phi) is 5.63. The number of hydrogen-bond donors (Lipinski definition) is 1. The first-order chi connectivity index (χ1) is 10.5. The summed E-state index contributed by atoms with van der Waals surface area (Å²) in [6.07, 6.45) is 1.58. The fraction of sp³-hybridized carbons (Fsp3) is 0.214. The molecule has 0 bridgehead atoms. The summed E-state index contributed by atoms with van der Waals surface area (Å²) in [5, 5.41) is 0.132. The minimum absolute atomic E-state index is 0.0209. The van der Waals surface area contributed by atoms with Gasteiger partial charge in [0, 0.05) is 18.3 Å². The first-order valence-corrected chi connectivity index (χ1v) is 8.70. The number of nitrogens with one attached hydrogen (secondary N) is 1. The van der Waals surface area contributed by atoms with E-state index in [1.807, 2.05) is 6.92 Å². The van der Waals surface area contributed by atoms with Gasteiger partial charge in [-0.3, -0.25) is 0 Å². The van der Waals surface area contributed by atoms with E-state index in [2.05, 4.69) is 9.71 Å². The van der Waals surface area contributed by atoms with Crippen molar-refractivity contribution in [2.45, 2.75) is 18.4 Å². The van der Waals surface area contributed by atoms with E-state index in [1.54, 1.807) is 24.4 Å². The molecular formula is C14H14Cl2N2O3S. The summed E-state index contributed by atoms with van der Waals surface area (Å²) >= 11 is 11.9. The molecule has 1 aromatic heterocycles. The van der Waals surface area contributed by atoms with Crippen molar-refractivity contribution in [3.8, 4) is 5.88 Å². The van der Waals surface area contributed by atoms with Crippen LogP contribution in [0.2, 0.25) is 10.0 Å². The van der Waals surface area contributed by atoms with Crippen LogP contribution in [-0.2, 0) is 16.6 Å². The van der Waals surface area contributed by atoms with Crippen LogP contribution in [0, 0.1) is 0 Å². The van der Waals surface area contributed by atoms with E-state index < -0.39 is 10.0 Å². The summed E-state index contributed by atoms with van der Waals surface area (Å²) in [5.41, 5.74) is 0.621. The van der Waals surface area contributed by atoms with Crippen LogP contribution in [0.1, 0.15) is 12.5 Å². The maximum absolute atomic E-state index is 12.4. The fourth-order valence-corrected chi connectivity index (χ4v) is 3.96. The van der Waals surface area contributed by atoms with Crippen LogP contribution in [0.15, 0.2) is 41.4 Å². The number of rotatable bonds is 6. The number of ether oxygens (including phenoxy) is 1. The van der Waals surface area contributed by atoms with E-state index >= 15 is 0 Å². The van der Waals surface area contributed by atoms with E-state index in [1.165, 1.54) is 12.1 Å². The zero-order valence-electron chi connectivity index (χ0n) is 11.7. The average molecular weight is 361 g/mol. The van der Waals surface area contributed by atoms with Gasteiger partial charge in [-0.1, -0.05) is 35.3 Å². The molecule has 1 heterocycles. The number of nitrogens with zero attached hydrogens (tertiary/aromatic N) is 1. The summed E-state index contributed by atoms with van der Waals surface area (Å²) in [6, 6.07) is 7.96. The Morgan fingerprint density at radius 3 is 2.50 bits per heavy atom. The molecule has 1 N–H and O–H groups in total. The lowest BCUT2D eigenvalue weighted by molar-refractivity contribution is 0.322. The SMILES string of the molecule is CCOc1ncccc1CNS(=O)(=O)c1c(Cl)cccc1Cl. The molecule has 0 aliphatic carbocycles. The van der Waals surface area contributed by atoms with Crippen LogP contribution < -0.4 is 9.46 Å². The second-order valence-corrected chi connectivity index (χ2v) is 6.79. The third kappa shape index (κ3) is 3.89. The lowest BCUT2D eigenvalue weighted by Crippen LogP contribution is -2.24. The number of pyridine rings is 1. The van der Waals surface area contributed by atoms with E-state index in [0.29, 0.717) is 18.1 Å². The molecule has 2 rings (SSSR count). The second kappa shape index (κ2) is 7.28. The summed E-state index contributed by atoms with van der Waals surface area (Å²) in [7, 11) is -3.85. The van der Waals surface area contributed by atoms with E-state index in [4.69, 9.17) is 27.9 Å². The standard InChI is InChI=1S/C14H14Cl2N2O3S/c1-2-21-14-10(5-4-8-17-14)9-18-22(19,20)13-11(15)6-3-7-12(13)16/h3-8,18H,2,9H2,1H3. The number of sulfonamides is 1. The highest BCUT2D eigenvalue weighted by atomic mass is 35.5. The van der Waals surface area contributed by atoms with Crippen molar-refractivity contribution in [2.24, 2.45) is 0 Å². The highest BCUT2D eigenvalue weighted by Gasteiger charge is 2.21. The van der Waals surface area contributed by atoms with Gasteiger partial charge in [0.25, 0.3) is 0 Å². The fourth-order valence-electron chi connectivity index (χ4n) is 1.81. The van der Waals surface area contributed by atoms with Crippen molar-refractivity contribution in [3.05, 3.63) is 52.1 Å². The number of benzene rings is 1. The molecule has 0 amide bonds. The predicted octanol–water partition coefficient (Wildman–Crippen LogP) is 3.27. The zero-order chi connectivity index (χ0) is 16.2. The van der Waals surface area contributed by atoms with Gasteiger partial charge >= 0.3 is 0 Å². The Bertz CT molecular complexity index is 746. The highest BCUT2D eigenvalue weighted by Crippen LogP contribution is 2.29. The maximum atomic E-state index is 12.4. The first kappa shape index (κ1) is 17.0. The van der Waals surface area contributed by atoms with Gasteiger partial charge in [0.2, 0.25) is 15.9 Å². The van der Waals surface area contributed by atoms with Crippen LogP contribution in [0.3, 0.4) is 0 Å². The Morgan fingerprint density at radius 2 is 1.86 bits per heavy atom. The molecule has 0 radical (unpaired) electrons. The molecule has 22 heavy (non-hydrogen) atoms. The average Bonchev–Trinajstić information content (AvgIpc) is 2.46. The number of aromatic nitrogens is 1. The molecule has 0 saturated heterocycles. The van der Waals surface area contributed by atoms with Crippen molar-refractivity contribution in [3.63, 3.8) is 0 Å². The Balaban J connectivity index is 2.24. The van der Waals surface area contributed by atoms with Crippen molar-refractivity contribution in [1.82, 2.24) is 9.71 Å². The third-order valence-corrected chi connectivity index (χ3v) is 5.13. The van der Waals surface area contributed by atoms with E-state index in [0.717, 1.165) is 0 Å². The lowest BCUT2D eigenvalue weighted by atomic mass is 10.3. The van der Waals surface area contributed by atoms with Gasteiger partial charge in [-0.25, -0.2) is 18.1 Å². The molecule has 0 spiro atoms. The third-order valence-electron chi connectivity index (χ3n) is 2.77. The molecule has 0 fully saturated rings. The molecule has 0 aliphatic heterocycles. The number of halogens is 2. The van der Waals surface area contributed by atoms with Gasteiger partial charge in [0.05, 0.1) is 16.7 Å². The van der Waals surface area contributed by atoms with Crippen molar-refractivity contribution >= 4 is 33.2 Å². The molecule has 0 atom stereocenters. The quantitative estimate of drug-likeness (QED) is 0.858. The molecule has 5 nitrogen and oxygen atoms in total. The first-order valence-electron chi connectivity index (χ1n) is 6.46. The van der Waals surface area contributed by atoms with Gasteiger partial charge in [0.15, 0.2) is 0 Å². The summed E-state index contributed by atoms with van der Waals surface area (Å²) < 4.78 is 32.6. The normalized spacial score (nSPS) is 11.4. The van der Waals surface area contributed by atoms with Crippen LogP contribution in [0.25, 0.3) is 0 Å². The highest BCUT2D eigenvalue weighted by molar-refractivity contribution is 7.89. The maximum Gasteiger partial charge on any atom is 0.243 e. The molecule has 118 valence electrons.